The monoisotopic (exact) mass is 240 g/mol. The van der Waals surface area contributed by atoms with Crippen LogP contribution in [0.2, 0.25) is 0 Å². The number of aromatic nitrogens is 1. The van der Waals surface area contributed by atoms with Crippen LogP contribution in [0.25, 0.3) is 0 Å². The van der Waals surface area contributed by atoms with E-state index in [4.69, 9.17) is 16.3 Å². The lowest BCUT2D eigenvalue weighted by molar-refractivity contribution is -0.131. The minimum absolute atomic E-state index is 0.0676. The van der Waals surface area contributed by atoms with Crippen LogP contribution in [0, 0.1) is 0 Å². The van der Waals surface area contributed by atoms with Crippen molar-refractivity contribution in [3.05, 3.63) is 23.9 Å². The summed E-state index contributed by atoms with van der Waals surface area (Å²) in [6.45, 7) is 3.20. The van der Waals surface area contributed by atoms with Crippen LogP contribution in [0.1, 0.15) is 12.5 Å². The average molecular weight is 241 g/mol. The third-order valence-corrected chi connectivity index (χ3v) is 2.65. The van der Waals surface area contributed by atoms with E-state index < -0.39 is 5.38 Å². The Hall–Kier alpha value is -1.29. The molecule has 1 amide bonds. The second-order valence-electron chi connectivity index (χ2n) is 3.69. The van der Waals surface area contributed by atoms with Gasteiger partial charge in [0.2, 0.25) is 11.8 Å². The molecule has 1 unspecified atom stereocenters. The van der Waals surface area contributed by atoms with Gasteiger partial charge in [-0.3, -0.25) is 4.79 Å². The van der Waals surface area contributed by atoms with Gasteiger partial charge in [0, 0.05) is 11.8 Å². The van der Waals surface area contributed by atoms with Crippen molar-refractivity contribution in [2.45, 2.75) is 18.8 Å². The van der Waals surface area contributed by atoms with Crippen LogP contribution in [-0.4, -0.2) is 34.3 Å². The standard InChI is InChI=1S/C11H13ClN2O2/c1-8(12)11(15)14-5-6-16-10-9(7-14)3-2-4-13-10/h2-4,8H,5-7H2,1H3. The number of halogens is 1. The molecule has 86 valence electrons. The molecule has 2 rings (SSSR count). The zero-order valence-corrected chi connectivity index (χ0v) is 9.78. The van der Waals surface area contributed by atoms with E-state index in [1.165, 1.54) is 0 Å². The van der Waals surface area contributed by atoms with Crippen molar-refractivity contribution < 1.29 is 9.53 Å². The molecule has 4 nitrogen and oxygen atoms in total. The van der Waals surface area contributed by atoms with Crippen LogP contribution < -0.4 is 4.74 Å². The van der Waals surface area contributed by atoms with Gasteiger partial charge in [0.05, 0.1) is 13.1 Å². The summed E-state index contributed by atoms with van der Waals surface area (Å²) in [6.07, 6.45) is 1.68. The van der Waals surface area contributed by atoms with Crippen molar-refractivity contribution in [3.63, 3.8) is 0 Å². The quantitative estimate of drug-likeness (QED) is 0.698. The topological polar surface area (TPSA) is 42.4 Å². The largest absolute Gasteiger partial charge is 0.476 e. The molecule has 1 aromatic heterocycles. The smallest absolute Gasteiger partial charge is 0.240 e. The third kappa shape index (κ3) is 2.27. The van der Waals surface area contributed by atoms with Crippen LogP contribution in [-0.2, 0) is 11.3 Å². The Kier molecular flexibility index (Phi) is 3.29. The Balaban J connectivity index is 2.20. The summed E-state index contributed by atoms with van der Waals surface area (Å²) in [4.78, 5) is 17.6. The predicted molar refractivity (Wildman–Crippen MR) is 60.5 cm³/mol. The fourth-order valence-electron chi connectivity index (χ4n) is 1.65. The van der Waals surface area contributed by atoms with Gasteiger partial charge in [-0.15, -0.1) is 11.6 Å². The van der Waals surface area contributed by atoms with Gasteiger partial charge < -0.3 is 9.64 Å². The molecule has 1 atom stereocenters. The van der Waals surface area contributed by atoms with Crippen molar-refractivity contribution in [2.24, 2.45) is 0 Å². The van der Waals surface area contributed by atoms with E-state index in [0.29, 0.717) is 25.6 Å². The first-order valence-electron chi connectivity index (χ1n) is 5.18. The average Bonchev–Trinajstić information content (AvgIpc) is 2.49. The first-order valence-corrected chi connectivity index (χ1v) is 5.61. The molecule has 0 aliphatic carbocycles. The molecule has 0 aromatic carbocycles. The first kappa shape index (κ1) is 11.2. The van der Waals surface area contributed by atoms with Gasteiger partial charge >= 0.3 is 0 Å². The summed E-state index contributed by atoms with van der Waals surface area (Å²) >= 11 is 5.79. The van der Waals surface area contributed by atoms with Gasteiger partial charge in [-0.05, 0) is 13.0 Å². The molecule has 2 heterocycles. The Morgan fingerprint density at radius 3 is 3.25 bits per heavy atom. The van der Waals surface area contributed by atoms with Crippen LogP contribution in [0.15, 0.2) is 18.3 Å². The zero-order valence-electron chi connectivity index (χ0n) is 9.02. The molecule has 1 aromatic rings. The second kappa shape index (κ2) is 4.70. The summed E-state index contributed by atoms with van der Waals surface area (Å²) in [6, 6.07) is 3.74. The van der Waals surface area contributed by atoms with Crippen LogP contribution >= 0.6 is 11.6 Å². The molecule has 0 fully saturated rings. The Morgan fingerprint density at radius 2 is 2.50 bits per heavy atom. The maximum atomic E-state index is 11.8. The van der Waals surface area contributed by atoms with E-state index in [1.54, 1.807) is 18.0 Å². The number of hydrogen-bond donors (Lipinski definition) is 0. The first-order chi connectivity index (χ1) is 7.68. The number of fused-ring (bicyclic) bond motifs is 1. The highest BCUT2D eigenvalue weighted by molar-refractivity contribution is 6.30. The molecular formula is C11H13ClN2O2. The number of amides is 1. The lowest BCUT2D eigenvalue weighted by Crippen LogP contribution is -2.36. The van der Waals surface area contributed by atoms with E-state index in [1.807, 2.05) is 12.1 Å². The number of pyridine rings is 1. The van der Waals surface area contributed by atoms with E-state index >= 15 is 0 Å². The summed E-state index contributed by atoms with van der Waals surface area (Å²) in [5, 5.41) is -0.502. The molecule has 0 radical (unpaired) electrons. The lowest BCUT2D eigenvalue weighted by Gasteiger charge is -2.20. The Bertz CT molecular complexity index is 395. The number of alkyl halides is 1. The minimum atomic E-state index is -0.502. The molecule has 0 bridgehead atoms. The molecule has 0 spiro atoms. The van der Waals surface area contributed by atoms with Gasteiger partial charge in [0.15, 0.2) is 0 Å². The second-order valence-corrected chi connectivity index (χ2v) is 4.35. The summed E-state index contributed by atoms with van der Waals surface area (Å²) in [7, 11) is 0. The van der Waals surface area contributed by atoms with Crippen LogP contribution in [0.5, 0.6) is 5.88 Å². The van der Waals surface area contributed by atoms with E-state index in [-0.39, 0.29) is 5.91 Å². The molecule has 0 saturated heterocycles. The zero-order chi connectivity index (χ0) is 11.5. The number of rotatable bonds is 1. The normalized spacial score (nSPS) is 17.0. The number of carbonyl (C=O) groups is 1. The molecule has 0 N–H and O–H groups in total. The fourth-order valence-corrected chi connectivity index (χ4v) is 1.79. The number of nitrogens with zero attached hydrogens (tertiary/aromatic N) is 2. The van der Waals surface area contributed by atoms with Gasteiger partial charge in [0.25, 0.3) is 0 Å². The number of hydrogen-bond acceptors (Lipinski definition) is 3. The molecule has 16 heavy (non-hydrogen) atoms. The number of ether oxygens (including phenoxy) is 1. The Labute approximate surface area is 99.2 Å². The highest BCUT2D eigenvalue weighted by Gasteiger charge is 2.22. The van der Waals surface area contributed by atoms with Crippen LogP contribution in [0.3, 0.4) is 0 Å². The van der Waals surface area contributed by atoms with Gasteiger partial charge in [-0.25, -0.2) is 4.98 Å². The van der Waals surface area contributed by atoms with Crippen molar-refractivity contribution >= 4 is 17.5 Å². The van der Waals surface area contributed by atoms with E-state index in [2.05, 4.69) is 4.98 Å². The summed E-state index contributed by atoms with van der Waals surface area (Å²) in [5.74, 6) is 0.544. The lowest BCUT2D eigenvalue weighted by atomic mass is 10.2. The van der Waals surface area contributed by atoms with Gasteiger partial charge in [-0.2, -0.15) is 0 Å². The Morgan fingerprint density at radius 1 is 1.69 bits per heavy atom. The van der Waals surface area contributed by atoms with Crippen molar-refractivity contribution in [1.82, 2.24) is 9.88 Å². The summed E-state index contributed by atoms with van der Waals surface area (Å²) < 4.78 is 5.46. The predicted octanol–water partition coefficient (Wildman–Crippen LogP) is 1.43. The maximum Gasteiger partial charge on any atom is 0.240 e. The molecule has 1 aliphatic rings. The minimum Gasteiger partial charge on any atom is -0.476 e. The maximum absolute atomic E-state index is 11.8. The van der Waals surface area contributed by atoms with E-state index in [0.717, 1.165) is 5.56 Å². The third-order valence-electron chi connectivity index (χ3n) is 2.46. The number of carbonyl (C=O) groups excluding carboxylic acids is 1. The van der Waals surface area contributed by atoms with Crippen molar-refractivity contribution in [2.75, 3.05) is 13.2 Å². The molecule has 5 heteroatoms. The van der Waals surface area contributed by atoms with Gasteiger partial charge in [0.1, 0.15) is 12.0 Å². The van der Waals surface area contributed by atoms with Crippen molar-refractivity contribution in [1.29, 1.82) is 0 Å². The highest BCUT2D eigenvalue weighted by Crippen LogP contribution is 2.20. The summed E-state index contributed by atoms with van der Waals surface area (Å²) in [5.41, 5.74) is 0.922. The highest BCUT2D eigenvalue weighted by atomic mass is 35.5. The molecular weight excluding hydrogens is 228 g/mol. The molecule has 0 saturated carbocycles. The van der Waals surface area contributed by atoms with Crippen molar-refractivity contribution in [3.8, 4) is 5.88 Å². The van der Waals surface area contributed by atoms with Crippen LogP contribution in [0.4, 0.5) is 0 Å². The van der Waals surface area contributed by atoms with E-state index in [9.17, 15) is 4.79 Å². The van der Waals surface area contributed by atoms with Gasteiger partial charge in [-0.1, -0.05) is 6.07 Å². The molecule has 1 aliphatic heterocycles. The fraction of sp³-hybridized carbons (Fsp3) is 0.455. The SMILES string of the molecule is CC(Cl)C(=O)N1CCOc2ncccc2C1.